The fourth-order valence-electron chi connectivity index (χ4n) is 3.64. The highest BCUT2D eigenvalue weighted by molar-refractivity contribution is 5.86. The second-order valence-electron chi connectivity index (χ2n) is 8.72. The van der Waals surface area contributed by atoms with Crippen LogP contribution in [0.1, 0.15) is 49.2 Å². The van der Waals surface area contributed by atoms with Crippen LogP contribution in [-0.4, -0.2) is 15.1 Å². The van der Waals surface area contributed by atoms with Gasteiger partial charge in [0.25, 0.3) is 0 Å². The Morgan fingerprint density at radius 1 is 0.933 bits per heavy atom. The van der Waals surface area contributed by atoms with E-state index in [1.807, 2.05) is 49.5 Å². The predicted octanol–water partition coefficient (Wildman–Crippen LogP) is 6.14. The molecule has 0 aliphatic carbocycles. The van der Waals surface area contributed by atoms with Gasteiger partial charge in [0.1, 0.15) is 11.3 Å². The number of hydrogen-bond donors (Lipinski definition) is 2. The quantitative estimate of drug-likeness (QED) is 0.434. The average molecular weight is 398 g/mol. The number of nitrogens with zero attached hydrogens (tertiary/aromatic N) is 2. The highest BCUT2D eigenvalue weighted by Gasteiger charge is 2.21. The molecule has 4 rings (SSSR count). The number of aromatic nitrogens is 2. The molecule has 1 unspecified atom stereocenters. The SMILES string of the molecule is Cc1ccc2ccc(C(Nc3ccc(C(C)(C)C)cc3)c3cccnc3)c(O)c2n1. The minimum Gasteiger partial charge on any atom is -0.505 e. The van der Waals surface area contributed by atoms with Gasteiger partial charge in [-0.1, -0.05) is 57.2 Å². The summed E-state index contributed by atoms with van der Waals surface area (Å²) in [7, 11) is 0. The fourth-order valence-corrected chi connectivity index (χ4v) is 3.64. The molecule has 0 fully saturated rings. The number of phenolic OH excluding ortho intramolecular Hbond substituents is 1. The molecule has 0 aliphatic heterocycles. The van der Waals surface area contributed by atoms with E-state index < -0.39 is 0 Å². The van der Waals surface area contributed by atoms with Crippen LogP contribution >= 0.6 is 0 Å². The van der Waals surface area contributed by atoms with Gasteiger partial charge < -0.3 is 10.4 Å². The smallest absolute Gasteiger partial charge is 0.147 e. The molecule has 152 valence electrons. The van der Waals surface area contributed by atoms with Gasteiger partial charge in [0.15, 0.2) is 0 Å². The summed E-state index contributed by atoms with van der Waals surface area (Å²) in [4.78, 5) is 8.85. The third kappa shape index (κ3) is 3.99. The highest BCUT2D eigenvalue weighted by atomic mass is 16.3. The first-order chi connectivity index (χ1) is 14.3. The normalized spacial score (nSPS) is 12.7. The molecule has 2 aromatic carbocycles. The molecule has 0 saturated carbocycles. The number of anilines is 1. The van der Waals surface area contributed by atoms with Gasteiger partial charge >= 0.3 is 0 Å². The standard InChI is InChI=1S/C26H27N3O/c1-17-7-8-18-9-14-22(25(30)24(18)28-17)23(19-6-5-15-27-16-19)29-21-12-10-20(11-13-21)26(2,3)4/h5-16,23,29-30H,1-4H3. The van der Waals surface area contributed by atoms with E-state index in [0.29, 0.717) is 5.52 Å². The highest BCUT2D eigenvalue weighted by Crippen LogP contribution is 2.36. The van der Waals surface area contributed by atoms with Crippen molar-refractivity contribution in [2.75, 3.05) is 5.32 Å². The molecule has 4 nitrogen and oxygen atoms in total. The summed E-state index contributed by atoms with van der Waals surface area (Å²) >= 11 is 0. The van der Waals surface area contributed by atoms with Gasteiger partial charge in [-0.25, -0.2) is 4.98 Å². The van der Waals surface area contributed by atoms with E-state index in [2.05, 4.69) is 60.3 Å². The molecule has 2 heterocycles. The first kappa shape index (κ1) is 19.9. The molecular formula is C26H27N3O. The molecule has 30 heavy (non-hydrogen) atoms. The fraction of sp³-hybridized carbons (Fsp3) is 0.231. The van der Waals surface area contributed by atoms with Gasteiger partial charge in [-0.3, -0.25) is 4.98 Å². The van der Waals surface area contributed by atoms with Crippen molar-refractivity contribution in [2.45, 2.75) is 39.2 Å². The molecule has 0 spiro atoms. The van der Waals surface area contributed by atoms with Gasteiger partial charge in [0.2, 0.25) is 0 Å². The van der Waals surface area contributed by atoms with E-state index in [9.17, 15) is 5.11 Å². The molecule has 4 heteroatoms. The number of aromatic hydroxyl groups is 1. The third-order valence-corrected chi connectivity index (χ3v) is 5.40. The number of rotatable bonds is 4. The van der Waals surface area contributed by atoms with E-state index in [0.717, 1.165) is 27.9 Å². The summed E-state index contributed by atoms with van der Waals surface area (Å²) in [5, 5.41) is 15.6. The average Bonchev–Trinajstić information content (AvgIpc) is 2.73. The summed E-state index contributed by atoms with van der Waals surface area (Å²) in [5.74, 6) is 0.198. The lowest BCUT2D eigenvalue weighted by molar-refractivity contribution is 0.471. The van der Waals surface area contributed by atoms with Crippen molar-refractivity contribution >= 4 is 16.6 Å². The van der Waals surface area contributed by atoms with Crippen LogP contribution in [0.25, 0.3) is 10.9 Å². The number of benzene rings is 2. The molecule has 0 radical (unpaired) electrons. The van der Waals surface area contributed by atoms with E-state index >= 15 is 0 Å². The van der Waals surface area contributed by atoms with Gasteiger partial charge in [-0.15, -0.1) is 0 Å². The Morgan fingerprint density at radius 3 is 2.33 bits per heavy atom. The lowest BCUT2D eigenvalue weighted by atomic mass is 9.87. The lowest BCUT2D eigenvalue weighted by Gasteiger charge is -2.24. The minimum atomic E-state index is -0.258. The van der Waals surface area contributed by atoms with E-state index in [-0.39, 0.29) is 17.2 Å². The summed E-state index contributed by atoms with van der Waals surface area (Å²) in [5.41, 5.74) is 5.59. The number of nitrogens with one attached hydrogen (secondary N) is 1. The largest absolute Gasteiger partial charge is 0.505 e. The number of pyridine rings is 2. The Kier molecular flexibility index (Phi) is 5.17. The number of hydrogen-bond acceptors (Lipinski definition) is 4. The van der Waals surface area contributed by atoms with Crippen molar-refractivity contribution in [1.82, 2.24) is 9.97 Å². The second kappa shape index (κ2) is 7.79. The van der Waals surface area contributed by atoms with Crippen LogP contribution in [0.5, 0.6) is 5.75 Å². The van der Waals surface area contributed by atoms with Crippen molar-refractivity contribution in [2.24, 2.45) is 0 Å². The molecule has 0 aliphatic rings. The van der Waals surface area contributed by atoms with Crippen molar-refractivity contribution in [1.29, 1.82) is 0 Å². The van der Waals surface area contributed by atoms with Crippen molar-refractivity contribution < 1.29 is 5.11 Å². The van der Waals surface area contributed by atoms with Gasteiger partial charge in [-0.2, -0.15) is 0 Å². The van der Waals surface area contributed by atoms with Crippen LogP contribution < -0.4 is 5.32 Å². The Bertz CT molecular complexity index is 1160. The van der Waals surface area contributed by atoms with Gasteiger partial charge in [0, 0.05) is 34.7 Å². The Labute approximate surface area is 177 Å². The Hall–Kier alpha value is -3.40. The second-order valence-corrected chi connectivity index (χ2v) is 8.72. The monoisotopic (exact) mass is 397 g/mol. The van der Waals surface area contributed by atoms with E-state index in [1.165, 1.54) is 5.56 Å². The number of aryl methyl sites for hydroxylation is 1. The van der Waals surface area contributed by atoms with Crippen LogP contribution in [0.3, 0.4) is 0 Å². The Morgan fingerprint density at radius 2 is 1.67 bits per heavy atom. The first-order valence-electron chi connectivity index (χ1n) is 10.2. The van der Waals surface area contributed by atoms with Crippen LogP contribution in [0.4, 0.5) is 5.69 Å². The zero-order valence-electron chi connectivity index (χ0n) is 17.8. The lowest BCUT2D eigenvalue weighted by Crippen LogP contribution is -2.14. The van der Waals surface area contributed by atoms with Crippen LogP contribution in [0, 0.1) is 6.92 Å². The maximum Gasteiger partial charge on any atom is 0.147 e. The molecule has 0 saturated heterocycles. The maximum absolute atomic E-state index is 11.1. The van der Waals surface area contributed by atoms with Gasteiger partial charge in [-0.05, 0) is 47.7 Å². The van der Waals surface area contributed by atoms with Crippen molar-refractivity contribution in [3.8, 4) is 5.75 Å². The molecule has 1 atom stereocenters. The maximum atomic E-state index is 11.1. The molecule has 4 aromatic rings. The molecule has 0 bridgehead atoms. The zero-order valence-corrected chi connectivity index (χ0v) is 17.8. The molecule has 2 aromatic heterocycles. The van der Waals surface area contributed by atoms with Crippen LogP contribution in [0.2, 0.25) is 0 Å². The van der Waals surface area contributed by atoms with Crippen molar-refractivity contribution in [3.63, 3.8) is 0 Å². The van der Waals surface area contributed by atoms with Crippen molar-refractivity contribution in [3.05, 3.63) is 95.4 Å². The summed E-state index contributed by atoms with van der Waals surface area (Å²) in [6, 6.07) is 20.0. The van der Waals surface area contributed by atoms with E-state index in [1.54, 1.807) is 6.20 Å². The van der Waals surface area contributed by atoms with Crippen LogP contribution in [0.15, 0.2) is 73.1 Å². The predicted molar refractivity (Wildman–Crippen MR) is 123 cm³/mol. The topological polar surface area (TPSA) is 58.0 Å². The zero-order chi connectivity index (χ0) is 21.3. The number of phenols is 1. The summed E-state index contributed by atoms with van der Waals surface area (Å²) < 4.78 is 0. The first-order valence-corrected chi connectivity index (χ1v) is 10.2. The summed E-state index contributed by atoms with van der Waals surface area (Å²) in [6.07, 6.45) is 3.58. The van der Waals surface area contributed by atoms with E-state index in [4.69, 9.17) is 0 Å². The molecule has 2 N–H and O–H groups in total. The Balaban J connectivity index is 1.78. The molecular weight excluding hydrogens is 370 g/mol. The summed E-state index contributed by atoms with van der Waals surface area (Å²) in [6.45, 7) is 8.54. The minimum absolute atomic E-state index is 0.0986. The van der Waals surface area contributed by atoms with Crippen LogP contribution in [-0.2, 0) is 5.41 Å². The number of fused-ring (bicyclic) bond motifs is 1. The van der Waals surface area contributed by atoms with Gasteiger partial charge in [0.05, 0.1) is 6.04 Å². The molecule has 0 amide bonds. The third-order valence-electron chi connectivity index (χ3n) is 5.40.